The highest BCUT2D eigenvalue weighted by Crippen LogP contribution is 2.21. The fourth-order valence-electron chi connectivity index (χ4n) is 0.839. The van der Waals surface area contributed by atoms with E-state index in [0.29, 0.717) is 23.3 Å². The summed E-state index contributed by atoms with van der Waals surface area (Å²) in [6, 6.07) is 0. The SMILES string of the molecule is CC(C)(C)c1nnc(CSCCO)o1. The molecule has 0 aliphatic carbocycles. The van der Waals surface area contributed by atoms with E-state index in [4.69, 9.17) is 9.52 Å². The van der Waals surface area contributed by atoms with Crippen LogP contribution in [0.2, 0.25) is 0 Å². The lowest BCUT2D eigenvalue weighted by atomic mass is 9.97. The lowest BCUT2D eigenvalue weighted by Gasteiger charge is -2.10. The van der Waals surface area contributed by atoms with E-state index >= 15 is 0 Å². The Morgan fingerprint density at radius 1 is 1.36 bits per heavy atom. The summed E-state index contributed by atoms with van der Waals surface area (Å²) in [5, 5.41) is 16.5. The summed E-state index contributed by atoms with van der Waals surface area (Å²) in [5.74, 6) is 2.67. The molecular formula is C9H16N2O2S. The monoisotopic (exact) mass is 216 g/mol. The predicted molar refractivity (Wildman–Crippen MR) is 56.2 cm³/mol. The van der Waals surface area contributed by atoms with Crippen LogP contribution in [0, 0.1) is 0 Å². The lowest BCUT2D eigenvalue weighted by molar-refractivity contribution is 0.322. The Morgan fingerprint density at radius 2 is 2.07 bits per heavy atom. The number of rotatable bonds is 4. The molecule has 1 rings (SSSR count). The summed E-state index contributed by atoms with van der Waals surface area (Å²) in [6.45, 7) is 6.28. The summed E-state index contributed by atoms with van der Waals surface area (Å²) in [4.78, 5) is 0. The largest absolute Gasteiger partial charge is 0.424 e. The van der Waals surface area contributed by atoms with E-state index in [1.807, 2.05) is 20.8 Å². The van der Waals surface area contributed by atoms with Gasteiger partial charge in [-0.3, -0.25) is 0 Å². The van der Waals surface area contributed by atoms with Crippen molar-refractivity contribution in [2.45, 2.75) is 31.9 Å². The third kappa shape index (κ3) is 3.31. The molecule has 0 aliphatic heterocycles. The van der Waals surface area contributed by atoms with Crippen molar-refractivity contribution < 1.29 is 9.52 Å². The first-order valence-electron chi connectivity index (χ1n) is 4.55. The van der Waals surface area contributed by atoms with Gasteiger partial charge in [0.1, 0.15) is 0 Å². The van der Waals surface area contributed by atoms with Crippen molar-refractivity contribution in [2.24, 2.45) is 0 Å². The molecule has 0 fully saturated rings. The van der Waals surface area contributed by atoms with Crippen LogP contribution in [0.1, 0.15) is 32.6 Å². The summed E-state index contributed by atoms with van der Waals surface area (Å²) in [6.07, 6.45) is 0. The highest BCUT2D eigenvalue weighted by Gasteiger charge is 2.21. The van der Waals surface area contributed by atoms with Crippen molar-refractivity contribution in [1.82, 2.24) is 10.2 Å². The molecule has 1 N–H and O–H groups in total. The molecule has 5 heteroatoms. The average Bonchev–Trinajstić information content (AvgIpc) is 2.52. The Bertz CT molecular complexity index is 281. The van der Waals surface area contributed by atoms with Crippen molar-refractivity contribution in [3.8, 4) is 0 Å². The predicted octanol–water partition coefficient (Wildman–Crippen LogP) is 1.59. The van der Waals surface area contributed by atoms with Gasteiger partial charge in [0.05, 0.1) is 12.4 Å². The molecule has 1 aromatic heterocycles. The van der Waals surface area contributed by atoms with Crippen LogP contribution >= 0.6 is 11.8 Å². The van der Waals surface area contributed by atoms with Crippen molar-refractivity contribution in [1.29, 1.82) is 0 Å². The first kappa shape index (κ1) is 11.5. The maximum atomic E-state index is 8.59. The molecule has 0 bridgehead atoms. The number of aromatic nitrogens is 2. The lowest BCUT2D eigenvalue weighted by Crippen LogP contribution is -2.11. The normalized spacial score (nSPS) is 12.0. The molecule has 80 valence electrons. The van der Waals surface area contributed by atoms with E-state index in [9.17, 15) is 0 Å². The number of hydrogen-bond acceptors (Lipinski definition) is 5. The van der Waals surface area contributed by atoms with Gasteiger partial charge in [-0.25, -0.2) is 0 Å². The fourth-order valence-corrected chi connectivity index (χ4v) is 1.40. The van der Waals surface area contributed by atoms with Crippen LogP contribution in [0.5, 0.6) is 0 Å². The smallest absolute Gasteiger partial charge is 0.226 e. The van der Waals surface area contributed by atoms with Crippen LogP contribution in [-0.4, -0.2) is 27.7 Å². The van der Waals surface area contributed by atoms with E-state index in [1.165, 1.54) is 0 Å². The van der Waals surface area contributed by atoms with Crippen LogP contribution in [0.25, 0.3) is 0 Å². The van der Waals surface area contributed by atoms with E-state index < -0.39 is 0 Å². The van der Waals surface area contributed by atoms with Gasteiger partial charge in [-0.05, 0) is 0 Å². The van der Waals surface area contributed by atoms with E-state index in [2.05, 4.69) is 10.2 Å². The first-order valence-corrected chi connectivity index (χ1v) is 5.71. The quantitative estimate of drug-likeness (QED) is 0.774. The molecular weight excluding hydrogens is 200 g/mol. The standard InChI is InChI=1S/C9H16N2O2S/c1-9(2,3)8-11-10-7(13-8)6-14-5-4-12/h12H,4-6H2,1-3H3. The number of hydrogen-bond donors (Lipinski definition) is 1. The zero-order valence-corrected chi connectivity index (χ0v) is 9.60. The Labute approximate surface area is 88.1 Å². The summed E-state index contributed by atoms with van der Waals surface area (Å²) in [7, 11) is 0. The second-order valence-electron chi connectivity index (χ2n) is 4.03. The maximum Gasteiger partial charge on any atom is 0.226 e. The Balaban J connectivity index is 2.51. The van der Waals surface area contributed by atoms with Crippen LogP contribution in [-0.2, 0) is 11.2 Å². The second kappa shape index (κ2) is 4.79. The minimum absolute atomic E-state index is 0.0904. The van der Waals surface area contributed by atoms with E-state index in [-0.39, 0.29) is 12.0 Å². The molecule has 0 amide bonds. The highest BCUT2D eigenvalue weighted by atomic mass is 32.2. The molecule has 0 aromatic carbocycles. The molecule has 0 radical (unpaired) electrons. The Morgan fingerprint density at radius 3 is 2.57 bits per heavy atom. The number of nitrogens with zero attached hydrogens (tertiary/aromatic N) is 2. The Kier molecular flexibility index (Phi) is 3.95. The first-order chi connectivity index (χ1) is 6.54. The van der Waals surface area contributed by atoms with Gasteiger partial charge < -0.3 is 9.52 Å². The van der Waals surface area contributed by atoms with Gasteiger partial charge in [-0.2, -0.15) is 0 Å². The molecule has 0 saturated heterocycles. The van der Waals surface area contributed by atoms with Gasteiger partial charge in [0.15, 0.2) is 0 Å². The molecule has 4 nitrogen and oxygen atoms in total. The van der Waals surface area contributed by atoms with Crippen molar-refractivity contribution in [2.75, 3.05) is 12.4 Å². The molecule has 1 aromatic rings. The molecule has 0 unspecified atom stereocenters. The van der Waals surface area contributed by atoms with Crippen molar-refractivity contribution >= 4 is 11.8 Å². The highest BCUT2D eigenvalue weighted by molar-refractivity contribution is 7.98. The average molecular weight is 216 g/mol. The third-order valence-electron chi connectivity index (χ3n) is 1.57. The summed E-state index contributed by atoms with van der Waals surface area (Å²) >= 11 is 1.58. The number of aliphatic hydroxyl groups excluding tert-OH is 1. The van der Waals surface area contributed by atoms with Gasteiger partial charge in [-0.15, -0.1) is 22.0 Å². The molecule has 0 aliphatic rings. The molecule has 0 atom stereocenters. The van der Waals surface area contributed by atoms with E-state index in [1.54, 1.807) is 11.8 Å². The van der Waals surface area contributed by atoms with Crippen LogP contribution in [0.4, 0.5) is 0 Å². The molecule has 0 saturated carbocycles. The van der Waals surface area contributed by atoms with Gasteiger partial charge in [0, 0.05) is 11.2 Å². The Hall–Kier alpha value is -0.550. The minimum Gasteiger partial charge on any atom is -0.424 e. The minimum atomic E-state index is -0.0904. The maximum absolute atomic E-state index is 8.59. The van der Waals surface area contributed by atoms with Crippen molar-refractivity contribution in [3.05, 3.63) is 11.8 Å². The van der Waals surface area contributed by atoms with Gasteiger partial charge in [0.2, 0.25) is 11.8 Å². The third-order valence-corrected chi connectivity index (χ3v) is 2.49. The van der Waals surface area contributed by atoms with Crippen LogP contribution < -0.4 is 0 Å². The summed E-state index contributed by atoms with van der Waals surface area (Å²) < 4.78 is 5.47. The van der Waals surface area contributed by atoms with Crippen molar-refractivity contribution in [3.63, 3.8) is 0 Å². The topological polar surface area (TPSA) is 59.2 Å². The molecule has 0 spiro atoms. The van der Waals surface area contributed by atoms with Gasteiger partial charge in [0.25, 0.3) is 0 Å². The fraction of sp³-hybridized carbons (Fsp3) is 0.778. The molecule has 14 heavy (non-hydrogen) atoms. The summed E-state index contributed by atoms with van der Waals surface area (Å²) in [5.41, 5.74) is -0.0904. The number of aliphatic hydroxyl groups is 1. The molecule has 1 heterocycles. The van der Waals surface area contributed by atoms with Gasteiger partial charge in [-0.1, -0.05) is 20.8 Å². The van der Waals surface area contributed by atoms with Crippen LogP contribution in [0.15, 0.2) is 4.42 Å². The zero-order valence-electron chi connectivity index (χ0n) is 8.78. The number of thioether (sulfide) groups is 1. The zero-order chi connectivity index (χ0) is 10.6. The second-order valence-corrected chi connectivity index (χ2v) is 5.13. The van der Waals surface area contributed by atoms with Gasteiger partial charge >= 0.3 is 0 Å². The van der Waals surface area contributed by atoms with E-state index in [0.717, 1.165) is 0 Å². The van der Waals surface area contributed by atoms with Crippen LogP contribution in [0.3, 0.4) is 0 Å².